The van der Waals surface area contributed by atoms with Crippen molar-refractivity contribution in [3.63, 3.8) is 0 Å². The molecule has 1 aromatic rings. The molecular formula is C9H14N4O2. The second kappa shape index (κ2) is 5.92. The molecule has 2 N–H and O–H groups in total. The molecule has 15 heavy (non-hydrogen) atoms. The van der Waals surface area contributed by atoms with Gasteiger partial charge in [0, 0.05) is 26.0 Å². The van der Waals surface area contributed by atoms with Crippen LogP contribution in [0.1, 0.15) is 0 Å². The van der Waals surface area contributed by atoms with Crippen LogP contribution >= 0.6 is 0 Å². The van der Waals surface area contributed by atoms with Gasteiger partial charge in [0.2, 0.25) is 11.9 Å². The average molecular weight is 210 g/mol. The summed E-state index contributed by atoms with van der Waals surface area (Å²) in [5, 5.41) is 11.1. The topological polar surface area (TPSA) is 78.4 Å². The first-order valence-corrected chi connectivity index (χ1v) is 4.59. The molecule has 1 heterocycles. The number of aliphatic hydroxyl groups is 1. The van der Waals surface area contributed by atoms with Gasteiger partial charge in [0.15, 0.2) is 0 Å². The fourth-order valence-electron chi connectivity index (χ4n) is 1.03. The van der Waals surface area contributed by atoms with Gasteiger partial charge in [0.1, 0.15) is 0 Å². The third-order valence-electron chi connectivity index (χ3n) is 1.71. The number of rotatable bonds is 5. The Labute approximate surface area is 88.0 Å². The van der Waals surface area contributed by atoms with Crippen molar-refractivity contribution in [2.45, 2.75) is 0 Å². The Hall–Kier alpha value is -1.69. The zero-order valence-corrected chi connectivity index (χ0v) is 8.55. The van der Waals surface area contributed by atoms with E-state index in [1.807, 2.05) is 0 Å². The van der Waals surface area contributed by atoms with Crippen molar-refractivity contribution < 1.29 is 9.90 Å². The third-order valence-corrected chi connectivity index (χ3v) is 1.71. The molecule has 0 unspecified atom stereocenters. The van der Waals surface area contributed by atoms with Gasteiger partial charge >= 0.3 is 0 Å². The van der Waals surface area contributed by atoms with Gasteiger partial charge in [-0.25, -0.2) is 9.97 Å². The number of hydrogen-bond acceptors (Lipinski definition) is 5. The molecule has 0 saturated carbocycles. The van der Waals surface area contributed by atoms with Gasteiger partial charge in [-0.2, -0.15) is 0 Å². The molecule has 0 saturated heterocycles. The summed E-state index contributed by atoms with van der Waals surface area (Å²) >= 11 is 0. The lowest BCUT2D eigenvalue weighted by atomic mass is 10.5. The second-order valence-corrected chi connectivity index (χ2v) is 2.98. The van der Waals surface area contributed by atoms with E-state index >= 15 is 0 Å². The first-order chi connectivity index (χ1) is 7.24. The van der Waals surface area contributed by atoms with Crippen LogP contribution < -0.4 is 10.2 Å². The van der Waals surface area contributed by atoms with E-state index < -0.39 is 0 Å². The molecule has 6 nitrogen and oxygen atoms in total. The molecule has 0 aliphatic rings. The molecule has 0 fully saturated rings. The van der Waals surface area contributed by atoms with Gasteiger partial charge < -0.3 is 15.3 Å². The Morgan fingerprint density at radius 3 is 2.80 bits per heavy atom. The van der Waals surface area contributed by atoms with E-state index in [0.717, 1.165) is 0 Å². The maximum Gasteiger partial charge on any atom is 0.239 e. The smallest absolute Gasteiger partial charge is 0.239 e. The highest BCUT2D eigenvalue weighted by atomic mass is 16.3. The normalized spacial score (nSPS) is 9.73. The maximum atomic E-state index is 11.3. The van der Waals surface area contributed by atoms with Gasteiger partial charge in [0.05, 0.1) is 13.2 Å². The Kier molecular flexibility index (Phi) is 4.49. The van der Waals surface area contributed by atoms with Crippen molar-refractivity contribution in [1.82, 2.24) is 15.3 Å². The number of anilines is 1. The van der Waals surface area contributed by atoms with Crippen molar-refractivity contribution in [2.24, 2.45) is 0 Å². The molecule has 0 aromatic carbocycles. The molecule has 1 rings (SSSR count). The van der Waals surface area contributed by atoms with Gasteiger partial charge in [-0.3, -0.25) is 4.79 Å². The molecule has 0 radical (unpaired) electrons. The minimum atomic E-state index is -0.168. The summed E-state index contributed by atoms with van der Waals surface area (Å²) in [4.78, 5) is 20.9. The number of amides is 1. The SMILES string of the molecule is CN(CC(=O)NCCO)c1ncccn1. The van der Waals surface area contributed by atoms with Gasteiger partial charge in [-0.15, -0.1) is 0 Å². The number of aromatic nitrogens is 2. The molecule has 0 aliphatic heterocycles. The quantitative estimate of drug-likeness (QED) is 0.653. The average Bonchev–Trinajstić information content (AvgIpc) is 2.27. The highest BCUT2D eigenvalue weighted by Crippen LogP contribution is 2.00. The molecule has 0 bridgehead atoms. The first-order valence-electron chi connectivity index (χ1n) is 4.59. The number of carbonyl (C=O) groups is 1. The van der Waals surface area contributed by atoms with Crippen LogP contribution in [0.15, 0.2) is 18.5 Å². The lowest BCUT2D eigenvalue weighted by Gasteiger charge is -2.15. The Bertz CT molecular complexity index is 304. The van der Waals surface area contributed by atoms with E-state index in [-0.39, 0.29) is 25.6 Å². The van der Waals surface area contributed by atoms with Crippen LogP contribution in [0.4, 0.5) is 5.95 Å². The number of nitrogens with one attached hydrogen (secondary N) is 1. The fourth-order valence-corrected chi connectivity index (χ4v) is 1.03. The predicted octanol–water partition coefficient (Wildman–Crippen LogP) is -0.979. The molecule has 0 aliphatic carbocycles. The lowest BCUT2D eigenvalue weighted by molar-refractivity contribution is -0.119. The van der Waals surface area contributed by atoms with Crippen molar-refractivity contribution in [3.8, 4) is 0 Å². The van der Waals surface area contributed by atoms with Gasteiger partial charge in [-0.05, 0) is 6.07 Å². The van der Waals surface area contributed by atoms with Gasteiger partial charge in [0.25, 0.3) is 0 Å². The van der Waals surface area contributed by atoms with E-state index in [2.05, 4.69) is 15.3 Å². The largest absolute Gasteiger partial charge is 0.395 e. The summed E-state index contributed by atoms with van der Waals surface area (Å²) in [5.74, 6) is 0.329. The molecule has 1 aromatic heterocycles. The third kappa shape index (κ3) is 3.90. The zero-order valence-electron chi connectivity index (χ0n) is 8.55. The van der Waals surface area contributed by atoms with E-state index in [9.17, 15) is 4.79 Å². The highest BCUT2D eigenvalue weighted by Gasteiger charge is 2.07. The van der Waals surface area contributed by atoms with Crippen LogP contribution in [-0.4, -0.2) is 47.7 Å². The highest BCUT2D eigenvalue weighted by molar-refractivity contribution is 5.80. The number of nitrogens with zero attached hydrogens (tertiary/aromatic N) is 3. The summed E-state index contributed by atoms with van der Waals surface area (Å²) in [7, 11) is 1.73. The monoisotopic (exact) mass is 210 g/mol. The molecule has 1 amide bonds. The maximum absolute atomic E-state index is 11.3. The zero-order chi connectivity index (χ0) is 11.1. The molecule has 0 atom stereocenters. The Morgan fingerprint density at radius 1 is 1.53 bits per heavy atom. The van der Waals surface area contributed by atoms with Crippen LogP contribution in [0, 0.1) is 0 Å². The fraction of sp³-hybridized carbons (Fsp3) is 0.444. The minimum absolute atomic E-state index is 0.0582. The van der Waals surface area contributed by atoms with Gasteiger partial charge in [-0.1, -0.05) is 0 Å². The van der Waals surface area contributed by atoms with Crippen LogP contribution in [-0.2, 0) is 4.79 Å². The number of carbonyl (C=O) groups excluding carboxylic acids is 1. The van der Waals surface area contributed by atoms with Crippen LogP contribution in [0.5, 0.6) is 0 Å². The van der Waals surface area contributed by atoms with Crippen LogP contribution in [0.2, 0.25) is 0 Å². The summed E-state index contributed by atoms with van der Waals surface area (Å²) in [6, 6.07) is 1.71. The van der Waals surface area contributed by atoms with Crippen molar-refractivity contribution in [2.75, 3.05) is 31.6 Å². The Morgan fingerprint density at radius 2 is 2.20 bits per heavy atom. The summed E-state index contributed by atoms with van der Waals surface area (Å²) in [6.07, 6.45) is 3.23. The van der Waals surface area contributed by atoms with E-state index in [1.54, 1.807) is 30.4 Å². The molecule has 82 valence electrons. The molecule has 0 spiro atoms. The number of aliphatic hydroxyl groups excluding tert-OH is 1. The van der Waals surface area contributed by atoms with Crippen LogP contribution in [0.25, 0.3) is 0 Å². The molecule has 6 heteroatoms. The lowest BCUT2D eigenvalue weighted by Crippen LogP contribution is -2.37. The second-order valence-electron chi connectivity index (χ2n) is 2.98. The minimum Gasteiger partial charge on any atom is -0.395 e. The van der Waals surface area contributed by atoms with Crippen LogP contribution in [0.3, 0.4) is 0 Å². The van der Waals surface area contributed by atoms with Crippen molar-refractivity contribution in [1.29, 1.82) is 0 Å². The standard InChI is InChI=1S/C9H14N4O2/c1-13(7-8(15)10-5-6-14)9-11-3-2-4-12-9/h2-4,14H,5-7H2,1H3,(H,10,15). The number of likely N-dealkylation sites (N-methyl/N-ethyl adjacent to an activating group) is 1. The predicted molar refractivity (Wildman–Crippen MR) is 55.4 cm³/mol. The van der Waals surface area contributed by atoms with E-state index in [0.29, 0.717) is 5.95 Å². The van der Waals surface area contributed by atoms with Crippen molar-refractivity contribution >= 4 is 11.9 Å². The summed E-state index contributed by atoms with van der Waals surface area (Å²) in [5.41, 5.74) is 0. The number of hydrogen-bond donors (Lipinski definition) is 2. The molecular weight excluding hydrogens is 196 g/mol. The summed E-state index contributed by atoms with van der Waals surface area (Å²) < 4.78 is 0. The Balaban J connectivity index is 2.42. The van der Waals surface area contributed by atoms with E-state index in [1.165, 1.54) is 0 Å². The van der Waals surface area contributed by atoms with E-state index in [4.69, 9.17) is 5.11 Å². The van der Waals surface area contributed by atoms with Crippen molar-refractivity contribution in [3.05, 3.63) is 18.5 Å². The first kappa shape index (κ1) is 11.4. The summed E-state index contributed by atoms with van der Waals surface area (Å²) in [6.45, 7) is 0.379.